The van der Waals surface area contributed by atoms with Gasteiger partial charge in [-0.05, 0) is 54.8 Å². The maximum Gasteiger partial charge on any atom is 0.416 e. The highest BCUT2D eigenvalue weighted by Gasteiger charge is 2.31. The molecule has 0 saturated heterocycles. The van der Waals surface area contributed by atoms with Gasteiger partial charge >= 0.3 is 11.9 Å². The molecule has 1 saturated carbocycles. The molecule has 1 aliphatic carbocycles. The van der Waals surface area contributed by atoms with Gasteiger partial charge in [0.15, 0.2) is 0 Å². The molecule has 0 bridgehead atoms. The van der Waals surface area contributed by atoms with Crippen LogP contribution in [0.5, 0.6) is 0 Å². The van der Waals surface area contributed by atoms with Crippen molar-refractivity contribution in [3.05, 3.63) is 92.0 Å². The van der Waals surface area contributed by atoms with Crippen molar-refractivity contribution in [1.29, 1.82) is 0 Å². The van der Waals surface area contributed by atoms with Crippen molar-refractivity contribution in [3.8, 4) is 5.69 Å². The lowest BCUT2D eigenvalue weighted by Crippen LogP contribution is -2.48. The molecular weight excluding hydrogens is 480 g/mol. The summed E-state index contributed by atoms with van der Waals surface area (Å²) in [6.45, 7) is -0.283. The Hall–Kier alpha value is -3.76. The van der Waals surface area contributed by atoms with E-state index in [1.165, 1.54) is 29.2 Å². The lowest BCUT2D eigenvalue weighted by Gasteiger charge is -2.30. The predicted molar refractivity (Wildman–Crippen MR) is 124 cm³/mol. The molecule has 1 aromatic heterocycles. The van der Waals surface area contributed by atoms with Crippen molar-refractivity contribution in [2.75, 3.05) is 7.05 Å². The summed E-state index contributed by atoms with van der Waals surface area (Å²) in [5, 5.41) is 4.00. The third-order valence-electron chi connectivity index (χ3n) is 6.40. The summed E-state index contributed by atoms with van der Waals surface area (Å²) in [6.07, 6.45) is -0.109. The van der Waals surface area contributed by atoms with Crippen LogP contribution < -0.4 is 11.2 Å². The number of benzene rings is 2. The van der Waals surface area contributed by atoms with Crippen LogP contribution in [0, 0.1) is 5.82 Å². The van der Waals surface area contributed by atoms with Gasteiger partial charge in [0.1, 0.15) is 5.82 Å². The van der Waals surface area contributed by atoms with E-state index in [-0.39, 0.29) is 18.3 Å². The Balaban J connectivity index is 1.82. The fraction of sp³-hybridized carbons (Fsp3) is 0.360. The van der Waals surface area contributed by atoms with Crippen molar-refractivity contribution in [1.82, 2.24) is 19.2 Å². The Kier molecular flexibility index (Phi) is 7.09. The molecule has 0 unspecified atom stereocenters. The van der Waals surface area contributed by atoms with Crippen molar-refractivity contribution < 1.29 is 22.4 Å². The van der Waals surface area contributed by atoms with E-state index in [1.54, 1.807) is 7.05 Å². The zero-order valence-electron chi connectivity index (χ0n) is 19.5. The SMILES string of the molecule is CN(C(=O)c1nn(-c2ccc(C(F)(F)F)cc2)c(=O)n(Cc2ccc(F)cc2)c1=O)C1CCCCC1. The molecule has 7 nitrogen and oxygen atoms in total. The molecule has 0 aliphatic heterocycles. The molecule has 1 fully saturated rings. The first kappa shape index (κ1) is 25.3. The fourth-order valence-electron chi connectivity index (χ4n) is 4.32. The maximum atomic E-state index is 13.3. The summed E-state index contributed by atoms with van der Waals surface area (Å²) in [5.41, 5.74) is -2.95. The average molecular weight is 504 g/mol. The summed E-state index contributed by atoms with van der Waals surface area (Å²) < 4.78 is 53.9. The molecule has 1 aliphatic rings. The summed E-state index contributed by atoms with van der Waals surface area (Å²) in [4.78, 5) is 41.3. The highest BCUT2D eigenvalue weighted by atomic mass is 19.4. The number of halogens is 4. The van der Waals surface area contributed by atoms with Gasteiger partial charge in [-0.3, -0.25) is 14.2 Å². The molecule has 0 atom stereocenters. The van der Waals surface area contributed by atoms with Crippen LogP contribution in [0.1, 0.15) is 53.7 Å². The van der Waals surface area contributed by atoms with Crippen molar-refractivity contribution in [3.63, 3.8) is 0 Å². The minimum atomic E-state index is -4.58. The Morgan fingerprint density at radius 2 is 1.61 bits per heavy atom. The van der Waals surface area contributed by atoms with Gasteiger partial charge in [-0.15, -0.1) is 0 Å². The highest BCUT2D eigenvalue weighted by Crippen LogP contribution is 2.29. The minimum Gasteiger partial charge on any atom is -0.337 e. The van der Waals surface area contributed by atoms with E-state index in [0.29, 0.717) is 5.56 Å². The van der Waals surface area contributed by atoms with E-state index < -0.39 is 40.4 Å². The summed E-state index contributed by atoms with van der Waals surface area (Å²) in [6, 6.07) is 8.68. The van der Waals surface area contributed by atoms with Crippen LogP contribution in [-0.4, -0.2) is 38.2 Å². The molecule has 11 heteroatoms. The van der Waals surface area contributed by atoms with E-state index in [1.807, 2.05) is 0 Å². The number of alkyl halides is 3. The quantitative estimate of drug-likeness (QED) is 0.492. The molecule has 2 aromatic carbocycles. The van der Waals surface area contributed by atoms with E-state index in [9.17, 15) is 31.9 Å². The summed E-state index contributed by atoms with van der Waals surface area (Å²) in [5.74, 6) is -1.19. The highest BCUT2D eigenvalue weighted by molar-refractivity contribution is 5.91. The van der Waals surface area contributed by atoms with Crippen molar-refractivity contribution >= 4 is 5.91 Å². The molecule has 1 amide bonds. The van der Waals surface area contributed by atoms with Gasteiger partial charge in [0.25, 0.3) is 11.5 Å². The first-order valence-electron chi connectivity index (χ1n) is 11.5. The number of amides is 1. The van der Waals surface area contributed by atoms with Gasteiger partial charge in [0.05, 0.1) is 17.8 Å². The zero-order chi connectivity index (χ0) is 26.0. The third kappa shape index (κ3) is 5.24. The average Bonchev–Trinajstić information content (AvgIpc) is 2.87. The summed E-state index contributed by atoms with van der Waals surface area (Å²) in [7, 11) is 1.57. The number of rotatable bonds is 5. The molecule has 1 heterocycles. The van der Waals surface area contributed by atoms with Gasteiger partial charge in [-0.1, -0.05) is 31.4 Å². The van der Waals surface area contributed by atoms with E-state index in [0.717, 1.165) is 65.6 Å². The number of nitrogens with zero attached hydrogens (tertiary/aromatic N) is 4. The molecule has 0 N–H and O–H groups in total. The Morgan fingerprint density at radius 3 is 2.19 bits per heavy atom. The van der Waals surface area contributed by atoms with Gasteiger partial charge in [0, 0.05) is 13.1 Å². The molecule has 4 rings (SSSR count). The predicted octanol–water partition coefficient (Wildman–Crippen LogP) is 4.01. The fourth-order valence-corrected chi connectivity index (χ4v) is 4.32. The Bertz CT molecular complexity index is 1360. The van der Waals surface area contributed by atoms with Gasteiger partial charge < -0.3 is 4.90 Å². The van der Waals surface area contributed by atoms with Crippen LogP contribution in [0.3, 0.4) is 0 Å². The lowest BCUT2D eigenvalue weighted by molar-refractivity contribution is -0.137. The number of carbonyl (C=O) groups is 1. The van der Waals surface area contributed by atoms with E-state index >= 15 is 0 Å². The first-order chi connectivity index (χ1) is 17.1. The zero-order valence-corrected chi connectivity index (χ0v) is 19.5. The Labute approximate surface area is 203 Å². The topological polar surface area (TPSA) is 77.2 Å². The number of carbonyl (C=O) groups excluding carboxylic acids is 1. The van der Waals surface area contributed by atoms with Crippen LogP contribution in [0.4, 0.5) is 17.6 Å². The molecule has 3 aromatic rings. The van der Waals surface area contributed by atoms with E-state index in [2.05, 4.69) is 5.10 Å². The van der Waals surface area contributed by atoms with E-state index in [4.69, 9.17) is 0 Å². The Morgan fingerprint density at radius 1 is 1.00 bits per heavy atom. The van der Waals surface area contributed by atoms with Crippen molar-refractivity contribution in [2.24, 2.45) is 0 Å². The second-order valence-corrected chi connectivity index (χ2v) is 8.81. The van der Waals surface area contributed by atoms with Gasteiger partial charge in [-0.2, -0.15) is 23.0 Å². The van der Waals surface area contributed by atoms with Crippen LogP contribution in [0.25, 0.3) is 5.69 Å². The molecule has 0 spiro atoms. The maximum absolute atomic E-state index is 13.3. The lowest BCUT2D eigenvalue weighted by atomic mass is 9.94. The normalized spacial score (nSPS) is 14.6. The monoisotopic (exact) mass is 504 g/mol. The smallest absolute Gasteiger partial charge is 0.337 e. The largest absolute Gasteiger partial charge is 0.416 e. The molecular formula is C25H24F4N4O3. The standard InChI is InChI=1S/C25H24F4N4O3/c1-31(19-5-3-2-4-6-19)22(34)21-23(35)32(15-16-7-11-18(26)12-8-16)24(36)33(30-21)20-13-9-17(10-14-20)25(27,28)29/h7-14,19H,2-6,15H2,1H3. The van der Waals surface area contributed by atoms with Crippen LogP contribution in [0.15, 0.2) is 58.1 Å². The minimum absolute atomic E-state index is 0.0461. The molecule has 36 heavy (non-hydrogen) atoms. The first-order valence-corrected chi connectivity index (χ1v) is 11.5. The summed E-state index contributed by atoms with van der Waals surface area (Å²) >= 11 is 0. The van der Waals surface area contributed by atoms with Crippen molar-refractivity contribution in [2.45, 2.75) is 50.9 Å². The van der Waals surface area contributed by atoms with Gasteiger partial charge in [0.2, 0.25) is 5.69 Å². The number of aromatic nitrogens is 3. The second-order valence-electron chi connectivity index (χ2n) is 8.81. The molecule has 190 valence electrons. The number of hydrogen-bond acceptors (Lipinski definition) is 4. The van der Waals surface area contributed by atoms with Crippen LogP contribution in [-0.2, 0) is 12.7 Å². The molecule has 0 radical (unpaired) electrons. The third-order valence-corrected chi connectivity index (χ3v) is 6.40. The van der Waals surface area contributed by atoms with Crippen LogP contribution >= 0.6 is 0 Å². The van der Waals surface area contributed by atoms with Crippen LogP contribution in [0.2, 0.25) is 0 Å². The van der Waals surface area contributed by atoms with Gasteiger partial charge in [-0.25, -0.2) is 9.18 Å². The second kappa shape index (κ2) is 10.1. The number of hydrogen-bond donors (Lipinski definition) is 0.